The van der Waals surface area contributed by atoms with Crippen LogP contribution >= 0.6 is 0 Å². The van der Waals surface area contributed by atoms with Gasteiger partial charge in [-0.05, 0) is 25.6 Å². The minimum Gasteiger partial charge on any atom is -0.464 e. The summed E-state index contributed by atoms with van der Waals surface area (Å²) in [5.41, 5.74) is 10.9. The first-order valence-corrected chi connectivity index (χ1v) is 12.5. The summed E-state index contributed by atoms with van der Waals surface area (Å²) in [4.78, 5) is 37.7. The highest BCUT2D eigenvalue weighted by molar-refractivity contribution is 5.67. The largest absolute Gasteiger partial charge is 0.464 e. The second-order valence-corrected chi connectivity index (χ2v) is 8.96. The van der Waals surface area contributed by atoms with Crippen LogP contribution in [0.5, 0.6) is 0 Å². The van der Waals surface area contributed by atoms with Crippen molar-refractivity contribution in [2.24, 2.45) is 5.73 Å². The van der Waals surface area contributed by atoms with Crippen LogP contribution in [0, 0.1) is 10.1 Å². The van der Waals surface area contributed by atoms with Gasteiger partial charge in [-0.2, -0.15) is 0 Å². The number of hydrogen-bond donors (Lipinski definition) is 3. The topological polar surface area (TPSA) is 176 Å². The van der Waals surface area contributed by atoms with Crippen molar-refractivity contribution < 1.29 is 28.7 Å². The molecule has 38 heavy (non-hydrogen) atoms. The molecule has 0 saturated carbocycles. The van der Waals surface area contributed by atoms with E-state index < -0.39 is 4.92 Å². The highest BCUT2D eigenvalue weighted by Crippen LogP contribution is 2.26. The van der Waals surface area contributed by atoms with E-state index in [1.807, 2.05) is 0 Å². The Bertz CT molecular complexity index is 897. The molecule has 0 radical (unpaired) electrons. The number of nitrogens with one attached hydrogen (secondary N) is 1. The number of nitro benzene ring substituents is 1. The Labute approximate surface area is 224 Å². The number of hydrogen-bond acceptors (Lipinski definition) is 12. The van der Waals surface area contributed by atoms with E-state index in [1.165, 1.54) is 27.0 Å². The number of nitro groups is 1. The number of benzene rings is 1. The van der Waals surface area contributed by atoms with Gasteiger partial charge < -0.3 is 31.0 Å². The molecular formula is C25H44N6O7. The number of nitrogens with zero attached hydrogens (tertiary/aromatic N) is 3. The molecule has 2 atom stereocenters. The van der Waals surface area contributed by atoms with Crippen LogP contribution in [0.25, 0.3) is 0 Å². The van der Waals surface area contributed by atoms with Gasteiger partial charge in [0.25, 0.3) is 5.69 Å². The molecule has 2 fully saturated rings. The molecule has 0 amide bonds. The molecular weight excluding hydrogens is 496 g/mol. The van der Waals surface area contributed by atoms with E-state index in [0.29, 0.717) is 37.5 Å². The maximum Gasteiger partial charge on any atom is 0.302 e. The summed E-state index contributed by atoms with van der Waals surface area (Å²) in [6.07, 6.45) is 1.36. The molecule has 13 heteroatoms. The van der Waals surface area contributed by atoms with E-state index in [-0.39, 0.29) is 49.9 Å². The standard InChI is InChI=1S/C23H35N5O7.CH5N.CH4/c1-16(29)34-15-19-12-20(35-17(2)30)5-7-27(19)9-10-33-21-13-26(14-21)8-6-25-22-4-3-18(24)11-23(22)28(31)32;1-2;/h3-4,11,19-21,25H,5-10,12-15,24H2,1-2H3;2H2,1H3;1H4. The molecule has 2 aliphatic rings. The molecule has 2 unspecified atom stereocenters. The van der Waals surface area contributed by atoms with Crippen LogP contribution in [-0.4, -0.2) is 104 Å². The number of piperidine rings is 1. The van der Waals surface area contributed by atoms with Crippen molar-refractivity contribution in [2.45, 2.75) is 52.4 Å². The smallest absolute Gasteiger partial charge is 0.302 e. The number of esters is 2. The summed E-state index contributed by atoms with van der Waals surface area (Å²) in [6.45, 7) is 7.99. The third-order valence-corrected chi connectivity index (χ3v) is 6.22. The maximum atomic E-state index is 11.3. The van der Waals surface area contributed by atoms with E-state index >= 15 is 0 Å². The third kappa shape index (κ3) is 10.8. The lowest BCUT2D eigenvalue weighted by Gasteiger charge is -2.41. The second-order valence-electron chi connectivity index (χ2n) is 8.96. The van der Waals surface area contributed by atoms with Gasteiger partial charge in [0.2, 0.25) is 0 Å². The fraction of sp³-hybridized carbons (Fsp3) is 0.680. The van der Waals surface area contributed by atoms with E-state index in [1.54, 1.807) is 12.1 Å². The minimum atomic E-state index is -0.443. The molecule has 0 aromatic heterocycles. The molecule has 5 N–H and O–H groups in total. The normalized spacial score (nSPS) is 19.7. The van der Waals surface area contributed by atoms with Gasteiger partial charge in [-0.3, -0.25) is 29.5 Å². The van der Waals surface area contributed by atoms with Crippen LogP contribution in [-0.2, 0) is 23.8 Å². The maximum absolute atomic E-state index is 11.3. The molecule has 1 aromatic rings. The van der Waals surface area contributed by atoms with Gasteiger partial charge in [0, 0.05) is 77.3 Å². The first-order chi connectivity index (χ1) is 17.7. The van der Waals surface area contributed by atoms with Crippen molar-refractivity contribution in [2.75, 3.05) is 70.6 Å². The lowest BCUT2D eigenvalue weighted by molar-refractivity contribution is -0.383. The number of ether oxygens (including phenoxy) is 3. The molecule has 13 nitrogen and oxygen atoms in total. The van der Waals surface area contributed by atoms with E-state index in [9.17, 15) is 19.7 Å². The summed E-state index contributed by atoms with van der Waals surface area (Å²) in [5, 5.41) is 14.3. The van der Waals surface area contributed by atoms with Crippen LogP contribution in [0.15, 0.2) is 18.2 Å². The van der Waals surface area contributed by atoms with Crippen molar-refractivity contribution in [3.8, 4) is 0 Å². The van der Waals surface area contributed by atoms with E-state index in [0.717, 1.165) is 32.6 Å². The monoisotopic (exact) mass is 540 g/mol. The van der Waals surface area contributed by atoms with E-state index in [2.05, 4.69) is 20.9 Å². The average molecular weight is 541 g/mol. The Kier molecular flexibility index (Phi) is 14.6. The van der Waals surface area contributed by atoms with Crippen LogP contribution in [0.3, 0.4) is 0 Å². The quantitative estimate of drug-likeness (QED) is 0.151. The number of anilines is 2. The van der Waals surface area contributed by atoms with Crippen molar-refractivity contribution in [1.82, 2.24) is 9.80 Å². The lowest BCUT2D eigenvalue weighted by Crippen LogP contribution is -2.54. The Morgan fingerprint density at radius 2 is 1.87 bits per heavy atom. The molecule has 2 heterocycles. The highest BCUT2D eigenvalue weighted by atomic mass is 16.6. The number of rotatable bonds is 12. The highest BCUT2D eigenvalue weighted by Gasteiger charge is 2.32. The predicted molar refractivity (Wildman–Crippen MR) is 146 cm³/mol. The van der Waals surface area contributed by atoms with Gasteiger partial charge >= 0.3 is 11.9 Å². The van der Waals surface area contributed by atoms with Gasteiger partial charge in [-0.25, -0.2) is 0 Å². The van der Waals surface area contributed by atoms with Gasteiger partial charge in [-0.1, -0.05) is 7.43 Å². The zero-order valence-corrected chi connectivity index (χ0v) is 21.9. The molecule has 0 bridgehead atoms. The van der Waals surface area contributed by atoms with Gasteiger partial charge in [-0.15, -0.1) is 0 Å². The number of carbonyl (C=O) groups is 2. The fourth-order valence-electron chi connectivity index (χ4n) is 4.43. The Morgan fingerprint density at radius 3 is 2.50 bits per heavy atom. The second kappa shape index (κ2) is 16.8. The SMILES string of the molecule is C.CC(=O)OCC1CC(OC(C)=O)CCN1CCOC1CN(CCNc2ccc(N)cc2[N+](=O)[O-])C1.CN. The van der Waals surface area contributed by atoms with Gasteiger partial charge in [0.15, 0.2) is 0 Å². The number of likely N-dealkylation sites (tertiary alicyclic amines) is 2. The zero-order chi connectivity index (χ0) is 27.4. The number of nitrogen functional groups attached to an aromatic ring is 1. The van der Waals surface area contributed by atoms with Crippen LogP contribution in [0.4, 0.5) is 17.1 Å². The molecule has 216 valence electrons. The van der Waals surface area contributed by atoms with Gasteiger partial charge in [0.05, 0.1) is 17.6 Å². The van der Waals surface area contributed by atoms with Crippen LogP contribution in [0.2, 0.25) is 0 Å². The molecule has 2 saturated heterocycles. The Hall–Kier alpha value is -3.00. The zero-order valence-electron chi connectivity index (χ0n) is 21.9. The molecule has 3 rings (SSSR count). The van der Waals surface area contributed by atoms with E-state index in [4.69, 9.17) is 19.9 Å². The third-order valence-electron chi connectivity index (χ3n) is 6.22. The van der Waals surface area contributed by atoms with Crippen molar-refractivity contribution >= 4 is 29.0 Å². The van der Waals surface area contributed by atoms with Crippen molar-refractivity contribution in [3.05, 3.63) is 28.3 Å². The molecule has 0 aliphatic carbocycles. The van der Waals surface area contributed by atoms with Crippen molar-refractivity contribution in [1.29, 1.82) is 0 Å². The summed E-state index contributed by atoms with van der Waals surface area (Å²) >= 11 is 0. The minimum absolute atomic E-state index is 0. The van der Waals surface area contributed by atoms with Gasteiger partial charge in [0.1, 0.15) is 18.4 Å². The average Bonchev–Trinajstić information content (AvgIpc) is 2.83. The summed E-state index contributed by atoms with van der Waals surface area (Å²) in [6, 6.07) is 4.60. The summed E-state index contributed by atoms with van der Waals surface area (Å²) < 4.78 is 16.6. The first kappa shape index (κ1) is 33.0. The number of carbonyl (C=O) groups excluding carboxylic acids is 2. The Morgan fingerprint density at radius 1 is 1.16 bits per heavy atom. The first-order valence-electron chi connectivity index (χ1n) is 12.5. The number of nitrogens with two attached hydrogens (primary N) is 2. The summed E-state index contributed by atoms with van der Waals surface area (Å²) in [5.74, 6) is -0.625. The van der Waals surface area contributed by atoms with Crippen molar-refractivity contribution in [3.63, 3.8) is 0 Å². The Balaban J connectivity index is 0.00000235. The lowest BCUT2D eigenvalue weighted by atomic mass is 9.99. The van der Waals surface area contributed by atoms with Crippen LogP contribution in [0.1, 0.15) is 34.1 Å². The fourth-order valence-corrected chi connectivity index (χ4v) is 4.43. The predicted octanol–water partition coefficient (Wildman–Crippen LogP) is 1.46. The van der Waals surface area contributed by atoms with Crippen LogP contribution < -0.4 is 16.8 Å². The molecule has 1 aromatic carbocycles. The summed E-state index contributed by atoms with van der Waals surface area (Å²) in [7, 11) is 1.50. The molecule has 2 aliphatic heterocycles. The molecule has 0 spiro atoms.